The first-order chi connectivity index (χ1) is 19.8. The molecule has 0 saturated carbocycles. The van der Waals surface area contributed by atoms with Gasteiger partial charge in [-0.05, 0) is 72.8 Å². The standard InChI is InChI=1S/C34H28N2O4S/c1-21-14-19-29(22(2)20-21)36-33(38)31(24-8-4-3-5-9-24)41-26-17-15-25(16-18-26)35-32(37)27-12-6-10-23-11-7-13-28(30(23)27)34(39)40/h3-20,31H,1-2H3,(H,35,37)(H,36,38)(H,39,40). The molecule has 6 nitrogen and oxygen atoms in total. The molecule has 3 N–H and O–H groups in total. The number of aromatic carboxylic acids is 1. The zero-order valence-electron chi connectivity index (χ0n) is 22.5. The number of rotatable bonds is 8. The van der Waals surface area contributed by atoms with Crippen LogP contribution in [0.4, 0.5) is 11.4 Å². The van der Waals surface area contributed by atoms with Crippen LogP contribution in [0.25, 0.3) is 10.8 Å². The Hall–Kier alpha value is -4.88. The number of amides is 2. The third-order valence-corrected chi connectivity index (χ3v) is 7.99. The first-order valence-electron chi connectivity index (χ1n) is 13.1. The van der Waals surface area contributed by atoms with Crippen molar-refractivity contribution < 1.29 is 19.5 Å². The van der Waals surface area contributed by atoms with Gasteiger partial charge in [-0.3, -0.25) is 9.59 Å². The highest BCUT2D eigenvalue weighted by molar-refractivity contribution is 8.00. The number of hydrogen-bond donors (Lipinski definition) is 3. The lowest BCUT2D eigenvalue weighted by Gasteiger charge is -2.18. The highest BCUT2D eigenvalue weighted by Crippen LogP contribution is 2.37. The number of benzene rings is 5. The molecule has 0 radical (unpaired) electrons. The number of anilines is 2. The average Bonchev–Trinajstić information content (AvgIpc) is 2.97. The lowest BCUT2D eigenvalue weighted by Crippen LogP contribution is -2.19. The molecule has 0 heterocycles. The normalized spacial score (nSPS) is 11.6. The van der Waals surface area contributed by atoms with Crippen LogP contribution < -0.4 is 10.6 Å². The summed E-state index contributed by atoms with van der Waals surface area (Å²) >= 11 is 1.42. The zero-order valence-corrected chi connectivity index (χ0v) is 23.4. The predicted octanol–water partition coefficient (Wildman–Crippen LogP) is 7.88. The van der Waals surface area contributed by atoms with Crippen LogP contribution in [-0.2, 0) is 4.79 Å². The third-order valence-electron chi connectivity index (χ3n) is 6.73. The number of hydrogen-bond acceptors (Lipinski definition) is 4. The number of fused-ring (bicyclic) bond motifs is 1. The van der Waals surface area contributed by atoms with E-state index >= 15 is 0 Å². The van der Waals surface area contributed by atoms with Gasteiger partial charge >= 0.3 is 5.97 Å². The summed E-state index contributed by atoms with van der Waals surface area (Å²) in [7, 11) is 0. The highest BCUT2D eigenvalue weighted by atomic mass is 32.2. The van der Waals surface area contributed by atoms with E-state index in [-0.39, 0.29) is 17.0 Å². The van der Waals surface area contributed by atoms with E-state index in [0.717, 1.165) is 27.3 Å². The maximum absolute atomic E-state index is 13.5. The van der Waals surface area contributed by atoms with Gasteiger partial charge in [0.1, 0.15) is 5.25 Å². The summed E-state index contributed by atoms with van der Waals surface area (Å²) < 4.78 is 0. The van der Waals surface area contributed by atoms with Crippen molar-refractivity contribution in [2.45, 2.75) is 24.0 Å². The summed E-state index contributed by atoms with van der Waals surface area (Å²) in [5.41, 5.74) is 4.70. The quantitative estimate of drug-likeness (QED) is 0.168. The topological polar surface area (TPSA) is 95.5 Å². The minimum atomic E-state index is -1.09. The monoisotopic (exact) mass is 560 g/mol. The van der Waals surface area contributed by atoms with Crippen molar-refractivity contribution in [3.05, 3.63) is 137 Å². The molecule has 0 fully saturated rings. The second-order valence-corrected chi connectivity index (χ2v) is 10.9. The molecule has 0 saturated heterocycles. The van der Waals surface area contributed by atoms with Crippen LogP contribution in [0, 0.1) is 13.8 Å². The molecule has 0 spiro atoms. The fourth-order valence-electron chi connectivity index (χ4n) is 4.71. The van der Waals surface area contributed by atoms with Gasteiger partial charge in [0.25, 0.3) is 5.91 Å². The summed E-state index contributed by atoms with van der Waals surface area (Å²) in [5.74, 6) is -1.62. The minimum absolute atomic E-state index is 0.0751. The van der Waals surface area contributed by atoms with Gasteiger partial charge in [0.05, 0.1) is 5.56 Å². The maximum Gasteiger partial charge on any atom is 0.336 e. The van der Waals surface area contributed by atoms with Crippen molar-refractivity contribution in [1.82, 2.24) is 0 Å². The summed E-state index contributed by atoms with van der Waals surface area (Å²) in [5, 5.41) is 16.2. The predicted molar refractivity (Wildman–Crippen MR) is 165 cm³/mol. The Bertz CT molecular complexity index is 1750. The van der Waals surface area contributed by atoms with E-state index in [1.54, 1.807) is 42.5 Å². The molecule has 2 amide bonds. The van der Waals surface area contributed by atoms with Crippen LogP contribution in [-0.4, -0.2) is 22.9 Å². The van der Waals surface area contributed by atoms with Gasteiger partial charge in [-0.25, -0.2) is 4.79 Å². The van der Waals surface area contributed by atoms with Crippen LogP contribution >= 0.6 is 11.8 Å². The molecule has 204 valence electrons. The molecule has 41 heavy (non-hydrogen) atoms. The van der Waals surface area contributed by atoms with Gasteiger partial charge in [0, 0.05) is 27.2 Å². The largest absolute Gasteiger partial charge is 0.478 e. The number of carbonyl (C=O) groups excluding carboxylic acids is 2. The van der Waals surface area contributed by atoms with Crippen molar-refractivity contribution in [3.8, 4) is 0 Å². The summed E-state index contributed by atoms with van der Waals surface area (Å²) in [4.78, 5) is 39.3. The Morgan fingerprint density at radius 2 is 1.41 bits per heavy atom. The fraction of sp³-hybridized carbons (Fsp3) is 0.0882. The van der Waals surface area contributed by atoms with Crippen LogP contribution in [0.2, 0.25) is 0 Å². The molecular weight excluding hydrogens is 532 g/mol. The second kappa shape index (κ2) is 12.1. The second-order valence-electron chi connectivity index (χ2n) is 9.71. The molecular formula is C34H28N2O4S. The van der Waals surface area contributed by atoms with Gasteiger partial charge in [0.2, 0.25) is 5.91 Å². The zero-order chi connectivity index (χ0) is 28.9. The highest BCUT2D eigenvalue weighted by Gasteiger charge is 2.23. The Balaban J connectivity index is 1.35. The average molecular weight is 561 g/mol. The van der Waals surface area contributed by atoms with Crippen LogP contribution in [0.1, 0.15) is 42.7 Å². The van der Waals surface area contributed by atoms with E-state index in [4.69, 9.17) is 0 Å². The van der Waals surface area contributed by atoms with E-state index in [1.165, 1.54) is 17.8 Å². The molecule has 1 unspecified atom stereocenters. The SMILES string of the molecule is Cc1ccc(NC(=O)C(Sc2ccc(NC(=O)c3cccc4cccc(C(=O)O)c34)cc2)c2ccccc2)c(C)c1. The molecule has 7 heteroatoms. The minimum Gasteiger partial charge on any atom is -0.478 e. The van der Waals surface area contributed by atoms with Gasteiger partial charge in [0.15, 0.2) is 0 Å². The third kappa shape index (κ3) is 6.31. The Morgan fingerprint density at radius 1 is 0.732 bits per heavy atom. The van der Waals surface area contributed by atoms with Crippen molar-refractivity contribution in [3.63, 3.8) is 0 Å². The van der Waals surface area contributed by atoms with Crippen molar-refractivity contribution in [1.29, 1.82) is 0 Å². The van der Waals surface area contributed by atoms with Crippen LogP contribution in [0.3, 0.4) is 0 Å². The smallest absolute Gasteiger partial charge is 0.336 e. The Labute approximate surface area is 242 Å². The lowest BCUT2D eigenvalue weighted by molar-refractivity contribution is -0.115. The molecule has 0 bridgehead atoms. The summed E-state index contributed by atoms with van der Waals surface area (Å²) in [6, 6.07) is 32.9. The molecule has 0 aliphatic heterocycles. The van der Waals surface area contributed by atoms with E-state index in [9.17, 15) is 19.5 Å². The number of carboxylic acid groups (broad SMARTS) is 1. The molecule has 1 atom stereocenters. The van der Waals surface area contributed by atoms with E-state index in [0.29, 0.717) is 16.5 Å². The number of aryl methyl sites for hydroxylation is 2. The Morgan fingerprint density at radius 3 is 2.07 bits per heavy atom. The van der Waals surface area contributed by atoms with Crippen molar-refractivity contribution in [2.24, 2.45) is 0 Å². The number of carbonyl (C=O) groups is 3. The summed E-state index contributed by atoms with van der Waals surface area (Å²) in [6.07, 6.45) is 0. The molecule has 5 rings (SSSR count). The van der Waals surface area contributed by atoms with Gasteiger partial charge in [-0.2, -0.15) is 0 Å². The maximum atomic E-state index is 13.5. The van der Waals surface area contributed by atoms with Crippen molar-refractivity contribution >= 4 is 51.7 Å². The first-order valence-corrected chi connectivity index (χ1v) is 13.9. The number of thioether (sulfide) groups is 1. The number of carboxylic acids is 1. The summed E-state index contributed by atoms with van der Waals surface area (Å²) in [6.45, 7) is 3.99. The first kappa shape index (κ1) is 27.7. The van der Waals surface area contributed by atoms with E-state index in [1.807, 2.05) is 74.5 Å². The molecule has 0 aliphatic carbocycles. The van der Waals surface area contributed by atoms with Gasteiger partial charge < -0.3 is 15.7 Å². The van der Waals surface area contributed by atoms with E-state index in [2.05, 4.69) is 10.6 Å². The lowest BCUT2D eigenvalue weighted by atomic mass is 9.98. The molecule has 0 aliphatic rings. The van der Waals surface area contributed by atoms with Crippen LogP contribution in [0.15, 0.2) is 114 Å². The Kier molecular flexibility index (Phi) is 8.17. The number of nitrogens with one attached hydrogen (secondary N) is 2. The van der Waals surface area contributed by atoms with Gasteiger partial charge in [-0.1, -0.05) is 72.3 Å². The van der Waals surface area contributed by atoms with E-state index < -0.39 is 17.1 Å². The molecule has 0 aromatic heterocycles. The fourth-order valence-corrected chi connectivity index (χ4v) is 5.74. The molecule has 5 aromatic rings. The van der Waals surface area contributed by atoms with Gasteiger partial charge in [-0.15, -0.1) is 11.8 Å². The van der Waals surface area contributed by atoms with Crippen LogP contribution in [0.5, 0.6) is 0 Å². The van der Waals surface area contributed by atoms with Crippen molar-refractivity contribution in [2.75, 3.05) is 10.6 Å². The molecule has 5 aromatic carbocycles.